The van der Waals surface area contributed by atoms with Crippen LogP contribution in [0.25, 0.3) is 20.3 Å². The van der Waals surface area contributed by atoms with Crippen LogP contribution in [-0.4, -0.2) is 38.6 Å². The molecule has 0 saturated heterocycles. The van der Waals surface area contributed by atoms with Gasteiger partial charge in [-0.25, -0.2) is 4.98 Å². The molecule has 0 bridgehead atoms. The van der Waals surface area contributed by atoms with Gasteiger partial charge in [0.15, 0.2) is 11.4 Å². The van der Waals surface area contributed by atoms with Crippen LogP contribution in [0, 0.1) is 6.92 Å². The second-order valence-corrected chi connectivity index (χ2v) is 5.68. The minimum Gasteiger partial charge on any atom is -0.504 e. The Labute approximate surface area is 128 Å². The summed E-state index contributed by atoms with van der Waals surface area (Å²) in [6.45, 7) is 1.18. The van der Waals surface area contributed by atoms with Gasteiger partial charge in [-0.05, 0) is 19.1 Å². The lowest BCUT2D eigenvalue weighted by atomic mass is 10.2. The standard InChI is InChI=1S/C14H11N3O4S/c1-6-9-10-7(3-2-4-15-10)22-13(9)12(20)11(17-6)14(21)16-5-8(18)19/h2-4,20H,5H2,1H3,(H,16,21)(H,18,19). The van der Waals surface area contributed by atoms with Crippen LogP contribution < -0.4 is 5.32 Å². The molecule has 0 unspecified atom stereocenters. The van der Waals surface area contributed by atoms with E-state index in [4.69, 9.17) is 5.11 Å². The van der Waals surface area contributed by atoms with E-state index in [2.05, 4.69) is 15.3 Å². The highest BCUT2D eigenvalue weighted by molar-refractivity contribution is 7.26. The van der Waals surface area contributed by atoms with Crippen molar-refractivity contribution >= 4 is 43.5 Å². The molecule has 0 saturated carbocycles. The number of fused-ring (bicyclic) bond motifs is 3. The van der Waals surface area contributed by atoms with E-state index in [-0.39, 0.29) is 11.4 Å². The number of carbonyl (C=O) groups is 2. The molecule has 3 aromatic rings. The van der Waals surface area contributed by atoms with Gasteiger partial charge in [-0.1, -0.05) is 0 Å². The van der Waals surface area contributed by atoms with Gasteiger partial charge in [0.2, 0.25) is 0 Å². The van der Waals surface area contributed by atoms with Gasteiger partial charge in [0.1, 0.15) is 6.54 Å². The van der Waals surface area contributed by atoms with Crippen molar-refractivity contribution in [1.29, 1.82) is 0 Å². The van der Waals surface area contributed by atoms with Crippen molar-refractivity contribution in [3.8, 4) is 5.75 Å². The number of pyridine rings is 2. The first-order valence-electron chi connectivity index (χ1n) is 6.36. The monoisotopic (exact) mass is 317 g/mol. The van der Waals surface area contributed by atoms with Crippen LogP contribution in [0.4, 0.5) is 0 Å². The number of aromatic nitrogens is 2. The Balaban J connectivity index is 2.18. The van der Waals surface area contributed by atoms with Gasteiger partial charge in [-0.2, -0.15) is 0 Å². The SMILES string of the molecule is Cc1nc(C(=O)NCC(=O)O)c(O)c2sc3cccnc3c12. The smallest absolute Gasteiger partial charge is 0.322 e. The largest absolute Gasteiger partial charge is 0.504 e. The minimum atomic E-state index is -1.17. The Morgan fingerprint density at radius 1 is 1.41 bits per heavy atom. The van der Waals surface area contributed by atoms with Gasteiger partial charge in [-0.3, -0.25) is 14.6 Å². The van der Waals surface area contributed by atoms with Gasteiger partial charge in [0, 0.05) is 17.3 Å². The Morgan fingerprint density at radius 2 is 2.18 bits per heavy atom. The summed E-state index contributed by atoms with van der Waals surface area (Å²) in [6.07, 6.45) is 1.65. The number of carboxylic acid groups (broad SMARTS) is 1. The molecule has 0 aliphatic rings. The Morgan fingerprint density at radius 3 is 2.91 bits per heavy atom. The molecule has 3 aromatic heterocycles. The molecule has 1 amide bonds. The number of nitrogens with one attached hydrogen (secondary N) is 1. The summed E-state index contributed by atoms with van der Waals surface area (Å²) in [5.41, 5.74) is 1.09. The Hall–Kier alpha value is -2.74. The molecule has 0 fully saturated rings. The van der Waals surface area contributed by atoms with Gasteiger partial charge in [0.25, 0.3) is 5.91 Å². The fourth-order valence-corrected chi connectivity index (χ4v) is 3.37. The predicted octanol–water partition coefficient (Wildman–Crippen LogP) is 1.67. The second-order valence-electron chi connectivity index (χ2n) is 4.63. The molecule has 0 radical (unpaired) electrons. The molecule has 0 aliphatic heterocycles. The van der Waals surface area contributed by atoms with E-state index in [1.165, 1.54) is 11.3 Å². The van der Waals surface area contributed by atoms with Crippen molar-refractivity contribution in [1.82, 2.24) is 15.3 Å². The molecule has 3 rings (SSSR count). The van der Waals surface area contributed by atoms with Gasteiger partial charge in [0.05, 0.1) is 14.9 Å². The van der Waals surface area contributed by atoms with Crippen LogP contribution in [0.15, 0.2) is 18.3 Å². The first kappa shape index (κ1) is 14.2. The van der Waals surface area contributed by atoms with E-state index in [1.807, 2.05) is 6.07 Å². The maximum Gasteiger partial charge on any atom is 0.322 e. The number of aliphatic carboxylic acids is 1. The Kier molecular flexibility index (Phi) is 3.38. The van der Waals surface area contributed by atoms with Crippen LogP contribution >= 0.6 is 11.3 Å². The molecule has 3 N–H and O–H groups in total. The highest BCUT2D eigenvalue weighted by Gasteiger charge is 2.21. The summed E-state index contributed by atoms with van der Waals surface area (Å²) >= 11 is 1.31. The van der Waals surface area contributed by atoms with Crippen molar-refractivity contribution < 1.29 is 19.8 Å². The predicted molar refractivity (Wildman–Crippen MR) is 81.3 cm³/mol. The highest BCUT2D eigenvalue weighted by Crippen LogP contribution is 2.40. The van der Waals surface area contributed by atoms with Crippen molar-refractivity contribution in [2.24, 2.45) is 0 Å². The summed E-state index contributed by atoms with van der Waals surface area (Å²) in [7, 11) is 0. The number of amides is 1. The summed E-state index contributed by atoms with van der Waals surface area (Å²) in [6, 6.07) is 3.66. The molecule has 0 atom stereocenters. The summed E-state index contributed by atoms with van der Waals surface area (Å²) < 4.78 is 1.39. The molecule has 0 aliphatic carbocycles. The number of carboxylic acids is 1. The van der Waals surface area contributed by atoms with E-state index >= 15 is 0 Å². The zero-order chi connectivity index (χ0) is 15.9. The number of hydrogen-bond donors (Lipinski definition) is 3. The van der Waals surface area contributed by atoms with Gasteiger partial charge >= 0.3 is 5.97 Å². The number of aryl methyl sites for hydroxylation is 1. The molecule has 8 heteroatoms. The molecule has 0 aromatic carbocycles. The van der Waals surface area contributed by atoms with Crippen LogP contribution in [0.3, 0.4) is 0 Å². The summed E-state index contributed by atoms with van der Waals surface area (Å²) in [5.74, 6) is -2.15. The molecule has 3 heterocycles. The lowest BCUT2D eigenvalue weighted by Gasteiger charge is -2.07. The average molecular weight is 317 g/mol. The Bertz CT molecular complexity index is 919. The van der Waals surface area contributed by atoms with Gasteiger partial charge < -0.3 is 15.5 Å². The van der Waals surface area contributed by atoms with E-state index in [9.17, 15) is 14.7 Å². The zero-order valence-corrected chi connectivity index (χ0v) is 12.3. The molecular formula is C14H11N3O4S. The molecule has 112 valence electrons. The third kappa shape index (κ3) is 2.23. The molecule has 0 spiro atoms. The van der Waals surface area contributed by atoms with E-state index in [1.54, 1.807) is 19.2 Å². The number of rotatable bonds is 3. The van der Waals surface area contributed by atoms with Crippen molar-refractivity contribution in [3.05, 3.63) is 29.7 Å². The normalized spacial score (nSPS) is 11.0. The lowest BCUT2D eigenvalue weighted by Crippen LogP contribution is -2.30. The molecule has 7 nitrogen and oxygen atoms in total. The highest BCUT2D eigenvalue weighted by atomic mass is 32.1. The number of thiophene rings is 1. The maximum atomic E-state index is 12.0. The zero-order valence-electron chi connectivity index (χ0n) is 11.5. The fourth-order valence-electron chi connectivity index (χ4n) is 2.21. The number of hydrogen-bond acceptors (Lipinski definition) is 6. The van der Waals surface area contributed by atoms with Crippen molar-refractivity contribution in [2.45, 2.75) is 6.92 Å². The van der Waals surface area contributed by atoms with Crippen LogP contribution in [0.5, 0.6) is 5.75 Å². The number of carbonyl (C=O) groups excluding carboxylic acids is 1. The van der Waals surface area contributed by atoms with Crippen molar-refractivity contribution in [2.75, 3.05) is 6.54 Å². The minimum absolute atomic E-state index is 0.183. The van der Waals surface area contributed by atoms with Crippen LogP contribution in [-0.2, 0) is 4.79 Å². The fraction of sp³-hybridized carbons (Fsp3) is 0.143. The van der Waals surface area contributed by atoms with Crippen LogP contribution in [0.2, 0.25) is 0 Å². The average Bonchev–Trinajstić information content (AvgIpc) is 2.88. The third-order valence-corrected chi connectivity index (χ3v) is 4.29. The molecule has 22 heavy (non-hydrogen) atoms. The van der Waals surface area contributed by atoms with E-state index in [0.717, 1.165) is 10.2 Å². The topological polar surface area (TPSA) is 112 Å². The van der Waals surface area contributed by atoms with Gasteiger partial charge in [-0.15, -0.1) is 11.3 Å². The number of nitrogens with zero attached hydrogens (tertiary/aromatic N) is 2. The van der Waals surface area contributed by atoms with Crippen molar-refractivity contribution in [3.63, 3.8) is 0 Å². The summed E-state index contributed by atoms with van der Waals surface area (Å²) in [5, 5.41) is 21.8. The second kappa shape index (κ2) is 5.23. The maximum absolute atomic E-state index is 12.0. The quantitative estimate of drug-likeness (QED) is 0.677. The summed E-state index contributed by atoms with van der Waals surface area (Å²) in [4.78, 5) is 30.9. The van der Waals surface area contributed by atoms with E-state index in [0.29, 0.717) is 15.8 Å². The van der Waals surface area contributed by atoms with Crippen LogP contribution in [0.1, 0.15) is 16.2 Å². The van der Waals surface area contributed by atoms with E-state index < -0.39 is 18.4 Å². The molecular weight excluding hydrogens is 306 g/mol. The first-order chi connectivity index (χ1) is 10.5. The lowest BCUT2D eigenvalue weighted by molar-refractivity contribution is -0.135. The number of aromatic hydroxyl groups is 1. The first-order valence-corrected chi connectivity index (χ1v) is 7.17. The third-order valence-electron chi connectivity index (χ3n) is 3.14.